The van der Waals surface area contributed by atoms with Crippen molar-refractivity contribution >= 4 is 28.9 Å². The molecule has 0 saturated carbocycles. The van der Waals surface area contributed by atoms with E-state index in [9.17, 15) is 9.59 Å². The maximum Gasteiger partial charge on any atom is 0.360 e. The third-order valence-electron chi connectivity index (χ3n) is 3.02. The lowest BCUT2D eigenvalue weighted by Gasteiger charge is -2.05. The number of aryl methyl sites for hydroxylation is 2. The number of nitrogens with zero attached hydrogens (tertiary/aromatic N) is 2. The van der Waals surface area contributed by atoms with Crippen molar-refractivity contribution in [1.29, 1.82) is 0 Å². The molecule has 106 valence electrons. The van der Waals surface area contributed by atoms with Crippen LogP contribution in [0.4, 0.5) is 5.69 Å². The number of aromatic nitrogens is 2. The van der Waals surface area contributed by atoms with Crippen molar-refractivity contribution in [3.05, 3.63) is 33.3 Å². The molecule has 1 N–H and O–H groups in total. The monoisotopic (exact) mass is 293 g/mol. The fourth-order valence-electron chi connectivity index (χ4n) is 1.77. The lowest BCUT2D eigenvalue weighted by atomic mass is 10.2. The number of esters is 1. The van der Waals surface area contributed by atoms with E-state index in [1.165, 1.54) is 23.1 Å². The van der Waals surface area contributed by atoms with E-state index in [1.54, 1.807) is 14.0 Å². The van der Waals surface area contributed by atoms with Crippen molar-refractivity contribution in [1.82, 2.24) is 9.78 Å². The Kier molecular flexibility index (Phi) is 3.89. The van der Waals surface area contributed by atoms with Gasteiger partial charge in [0.15, 0.2) is 5.69 Å². The zero-order valence-corrected chi connectivity index (χ0v) is 12.5. The van der Waals surface area contributed by atoms with Crippen LogP contribution in [-0.2, 0) is 11.8 Å². The second-order valence-corrected chi connectivity index (χ2v) is 5.23. The third kappa shape index (κ3) is 2.44. The van der Waals surface area contributed by atoms with Crippen molar-refractivity contribution < 1.29 is 14.3 Å². The molecule has 7 heteroatoms. The van der Waals surface area contributed by atoms with Gasteiger partial charge in [0.1, 0.15) is 0 Å². The van der Waals surface area contributed by atoms with E-state index < -0.39 is 5.97 Å². The first-order chi connectivity index (χ1) is 9.45. The number of hydrogen-bond donors (Lipinski definition) is 1. The fraction of sp³-hybridized carbons (Fsp3) is 0.308. The van der Waals surface area contributed by atoms with Crippen molar-refractivity contribution in [2.75, 3.05) is 12.4 Å². The molecular formula is C13H15N3O3S. The van der Waals surface area contributed by atoms with Crippen LogP contribution in [0.25, 0.3) is 0 Å². The summed E-state index contributed by atoms with van der Waals surface area (Å²) in [6, 6.07) is 1.87. The van der Waals surface area contributed by atoms with Gasteiger partial charge in [-0.2, -0.15) is 5.10 Å². The molecule has 0 spiro atoms. The Hall–Kier alpha value is -2.15. The summed E-state index contributed by atoms with van der Waals surface area (Å²) < 4.78 is 6.21. The molecule has 0 bridgehead atoms. The summed E-state index contributed by atoms with van der Waals surface area (Å²) in [5.41, 5.74) is 2.08. The average Bonchev–Trinajstić information content (AvgIpc) is 2.96. The van der Waals surface area contributed by atoms with Crippen LogP contribution < -0.4 is 5.32 Å². The first kappa shape index (κ1) is 14.3. The number of hydrogen-bond acceptors (Lipinski definition) is 5. The van der Waals surface area contributed by atoms with Crippen LogP contribution in [0.5, 0.6) is 0 Å². The molecular weight excluding hydrogens is 278 g/mol. The number of anilines is 1. The Bertz CT molecular complexity index is 672. The standard InChI is InChI=1S/C13H15N3O3S/c1-7-5-6-20-11(7)12(17)14-9-8(2)16(3)15-10(9)13(18)19-4/h5-6H,1-4H3,(H,14,17). The van der Waals surface area contributed by atoms with Crippen LogP contribution in [0.15, 0.2) is 11.4 Å². The molecule has 6 nitrogen and oxygen atoms in total. The minimum absolute atomic E-state index is 0.107. The molecule has 0 saturated heterocycles. The van der Waals surface area contributed by atoms with E-state index >= 15 is 0 Å². The van der Waals surface area contributed by atoms with Crippen LogP contribution in [-0.4, -0.2) is 28.8 Å². The van der Waals surface area contributed by atoms with Gasteiger partial charge in [-0.05, 0) is 30.9 Å². The smallest absolute Gasteiger partial charge is 0.360 e. The van der Waals surface area contributed by atoms with Gasteiger partial charge in [-0.25, -0.2) is 4.79 Å². The summed E-state index contributed by atoms with van der Waals surface area (Å²) in [5.74, 6) is -0.828. The number of ether oxygens (including phenoxy) is 1. The van der Waals surface area contributed by atoms with Gasteiger partial charge < -0.3 is 10.1 Å². The Morgan fingerprint density at radius 1 is 1.40 bits per heavy atom. The first-order valence-corrected chi connectivity index (χ1v) is 6.81. The Morgan fingerprint density at radius 3 is 2.65 bits per heavy atom. The van der Waals surface area contributed by atoms with E-state index in [0.29, 0.717) is 16.3 Å². The highest BCUT2D eigenvalue weighted by Gasteiger charge is 2.23. The maximum absolute atomic E-state index is 12.2. The van der Waals surface area contributed by atoms with Crippen LogP contribution >= 0.6 is 11.3 Å². The van der Waals surface area contributed by atoms with Gasteiger partial charge in [0.2, 0.25) is 0 Å². The third-order valence-corrected chi connectivity index (χ3v) is 4.03. The minimum Gasteiger partial charge on any atom is -0.464 e. The largest absolute Gasteiger partial charge is 0.464 e. The minimum atomic E-state index is -0.577. The quantitative estimate of drug-likeness (QED) is 0.880. The number of nitrogens with one attached hydrogen (secondary N) is 1. The molecule has 2 heterocycles. The maximum atomic E-state index is 12.2. The Morgan fingerprint density at radius 2 is 2.10 bits per heavy atom. The molecule has 0 aliphatic carbocycles. The van der Waals surface area contributed by atoms with Crippen molar-refractivity contribution in [2.24, 2.45) is 7.05 Å². The average molecular weight is 293 g/mol. The highest BCUT2D eigenvalue weighted by molar-refractivity contribution is 7.12. The van der Waals surface area contributed by atoms with Crippen LogP contribution in [0, 0.1) is 13.8 Å². The van der Waals surface area contributed by atoms with Crippen molar-refractivity contribution in [3.8, 4) is 0 Å². The molecule has 20 heavy (non-hydrogen) atoms. The summed E-state index contributed by atoms with van der Waals surface area (Å²) >= 11 is 1.35. The highest BCUT2D eigenvalue weighted by Crippen LogP contribution is 2.23. The number of rotatable bonds is 3. The van der Waals surface area contributed by atoms with Gasteiger partial charge in [-0.15, -0.1) is 11.3 Å². The number of carbonyl (C=O) groups excluding carboxylic acids is 2. The van der Waals surface area contributed by atoms with Crippen molar-refractivity contribution in [3.63, 3.8) is 0 Å². The molecule has 2 aromatic heterocycles. The molecule has 0 aromatic carbocycles. The zero-order chi connectivity index (χ0) is 14.9. The normalized spacial score (nSPS) is 10.4. The first-order valence-electron chi connectivity index (χ1n) is 5.93. The number of methoxy groups -OCH3 is 1. The number of amides is 1. The van der Waals surface area contributed by atoms with E-state index in [1.807, 2.05) is 18.4 Å². The zero-order valence-electron chi connectivity index (χ0n) is 11.7. The molecule has 0 unspecified atom stereocenters. The summed E-state index contributed by atoms with van der Waals surface area (Å²) in [5, 5.41) is 8.66. The lowest BCUT2D eigenvalue weighted by molar-refractivity contribution is 0.0594. The lowest BCUT2D eigenvalue weighted by Crippen LogP contribution is -2.15. The molecule has 1 amide bonds. The number of thiophene rings is 1. The van der Waals surface area contributed by atoms with Gasteiger partial charge in [0, 0.05) is 7.05 Å². The van der Waals surface area contributed by atoms with Gasteiger partial charge in [0.05, 0.1) is 23.4 Å². The molecule has 0 atom stereocenters. The van der Waals surface area contributed by atoms with Crippen LogP contribution in [0.2, 0.25) is 0 Å². The Labute approximate surface area is 120 Å². The summed E-state index contributed by atoms with van der Waals surface area (Å²) in [6.45, 7) is 3.64. The number of carbonyl (C=O) groups is 2. The SMILES string of the molecule is COC(=O)c1nn(C)c(C)c1NC(=O)c1sccc1C. The molecule has 0 aliphatic heterocycles. The predicted octanol–water partition coefficient (Wildman–Crippen LogP) is 2.14. The second kappa shape index (κ2) is 5.46. The fourth-order valence-corrected chi connectivity index (χ4v) is 2.59. The molecule has 2 rings (SSSR count). The van der Waals surface area contributed by atoms with Gasteiger partial charge in [-0.3, -0.25) is 9.48 Å². The van der Waals surface area contributed by atoms with E-state index in [-0.39, 0.29) is 11.6 Å². The van der Waals surface area contributed by atoms with E-state index in [4.69, 9.17) is 0 Å². The molecule has 0 fully saturated rings. The van der Waals surface area contributed by atoms with Gasteiger partial charge in [0.25, 0.3) is 5.91 Å². The second-order valence-electron chi connectivity index (χ2n) is 4.31. The van der Waals surface area contributed by atoms with E-state index in [0.717, 1.165) is 5.56 Å². The van der Waals surface area contributed by atoms with Crippen LogP contribution in [0.1, 0.15) is 31.4 Å². The van der Waals surface area contributed by atoms with Gasteiger partial charge >= 0.3 is 5.97 Å². The predicted molar refractivity (Wildman–Crippen MR) is 76.3 cm³/mol. The highest BCUT2D eigenvalue weighted by atomic mass is 32.1. The molecule has 0 radical (unpaired) electrons. The van der Waals surface area contributed by atoms with Crippen LogP contribution in [0.3, 0.4) is 0 Å². The summed E-state index contributed by atoms with van der Waals surface area (Å²) in [6.07, 6.45) is 0. The summed E-state index contributed by atoms with van der Waals surface area (Å²) in [7, 11) is 2.98. The topological polar surface area (TPSA) is 73.2 Å². The molecule has 0 aliphatic rings. The summed E-state index contributed by atoms with van der Waals surface area (Å²) in [4.78, 5) is 24.5. The van der Waals surface area contributed by atoms with Gasteiger partial charge in [-0.1, -0.05) is 0 Å². The Balaban J connectivity index is 2.36. The van der Waals surface area contributed by atoms with E-state index in [2.05, 4.69) is 15.2 Å². The molecule has 2 aromatic rings. The van der Waals surface area contributed by atoms with Crippen molar-refractivity contribution in [2.45, 2.75) is 13.8 Å².